The van der Waals surface area contributed by atoms with Crippen molar-refractivity contribution in [3.63, 3.8) is 0 Å². The number of nitrogens with one attached hydrogen (secondary N) is 1. The van der Waals surface area contributed by atoms with Crippen molar-refractivity contribution in [3.8, 4) is 12.8 Å². The van der Waals surface area contributed by atoms with Gasteiger partial charge in [0, 0.05) is 75.3 Å². The van der Waals surface area contributed by atoms with Crippen LogP contribution in [0.25, 0.3) is 0 Å². The van der Waals surface area contributed by atoms with Gasteiger partial charge >= 0.3 is 6.09 Å². The monoisotopic (exact) mass is 738 g/mol. The third kappa shape index (κ3) is 14.0. The number of hydrogen-bond donors (Lipinski definition) is 1. The first kappa shape index (κ1) is 41.1. The lowest BCUT2D eigenvalue weighted by Gasteiger charge is -2.29. The number of ether oxygens (including phenoxy) is 1. The lowest BCUT2D eigenvalue weighted by Crippen LogP contribution is -2.47. The number of nitrogens with zero attached hydrogens (tertiary/aromatic N) is 5. The number of hydrogen-bond acceptors (Lipinski definition) is 6. The van der Waals surface area contributed by atoms with Crippen molar-refractivity contribution in [1.29, 1.82) is 0 Å². The molecule has 0 unspecified atom stereocenters. The van der Waals surface area contributed by atoms with Gasteiger partial charge in [-0.15, -0.1) is 12.8 Å². The van der Waals surface area contributed by atoms with Crippen molar-refractivity contribution in [3.05, 3.63) is 118 Å². The molecule has 1 aliphatic heterocycles. The van der Waals surface area contributed by atoms with Crippen molar-refractivity contribution in [2.75, 3.05) is 32.7 Å². The highest BCUT2D eigenvalue weighted by Gasteiger charge is 2.23. The fourth-order valence-electron chi connectivity index (χ4n) is 6.71. The number of aryl methyl sites for hydroxylation is 4. The summed E-state index contributed by atoms with van der Waals surface area (Å²) in [6, 6.07) is 20.4. The molecule has 2 fully saturated rings. The summed E-state index contributed by atoms with van der Waals surface area (Å²) >= 11 is 6.03. The molecule has 0 atom stereocenters. The fraction of sp³-hybridized carbons (Fsp3) is 0.442. The van der Waals surface area contributed by atoms with Gasteiger partial charge in [0.2, 0.25) is 6.41 Å². The molecule has 2 aromatic heterocycles. The number of carbonyl (C=O) groups excluding carboxylic acids is 2. The largest absolute Gasteiger partial charge is 0.446 e. The molecule has 0 radical (unpaired) electrons. The lowest BCUT2D eigenvalue weighted by atomic mass is 9.98. The predicted octanol–water partition coefficient (Wildman–Crippen LogP) is 7.53. The molecule has 1 N–H and O–H groups in total. The number of rotatable bonds is 9. The van der Waals surface area contributed by atoms with E-state index in [0.717, 1.165) is 107 Å². The number of piperazine rings is 1. The van der Waals surface area contributed by atoms with Crippen LogP contribution in [0.15, 0.2) is 79.4 Å². The molecule has 3 aliphatic rings. The number of terminal acetylenes is 1. The molecule has 10 heteroatoms. The second-order valence-electron chi connectivity index (χ2n) is 13.5. The normalized spacial score (nSPS) is 14.9. The summed E-state index contributed by atoms with van der Waals surface area (Å²) in [7, 11) is 0. The topological polar surface area (TPSA) is 92.6 Å². The lowest BCUT2D eigenvalue weighted by molar-refractivity contribution is -0.118. The van der Waals surface area contributed by atoms with Crippen molar-refractivity contribution < 1.29 is 14.3 Å². The Bertz CT molecular complexity index is 1680. The van der Waals surface area contributed by atoms with Crippen LogP contribution in [0.2, 0.25) is 5.02 Å². The maximum absolute atomic E-state index is 11.7. The number of aromatic nitrogens is 3. The molecule has 2 aromatic carbocycles. The molecule has 7 rings (SSSR count). The summed E-state index contributed by atoms with van der Waals surface area (Å²) in [5.41, 5.74) is 7.59. The highest BCUT2D eigenvalue weighted by Crippen LogP contribution is 2.25. The fourth-order valence-corrected chi connectivity index (χ4v) is 6.90. The van der Waals surface area contributed by atoms with Crippen LogP contribution in [-0.2, 0) is 48.3 Å². The molecule has 9 nitrogen and oxygen atoms in total. The first-order valence-corrected chi connectivity index (χ1v) is 19.3. The summed E-state index contributed by atoms with van der Waals surface area (Å²) in [5, 5.41) is 4.05. The van der Waals surface area contributed by atoms with Crippen LogP contribution < -0.4 is 5.32 Å². The van der Waals surface area contributed by atoms with Gasteiger partial charge in [-0.1, -0.05) is 67.4 Å². The Morgan fingerprint density at radius 2 is 1.74 bits per heavy atom. The van der Waals surface area contributed by atoms with Crippen LogP contribution in [0, 0.1) is 12.8 Å². The van der Waals surface area contributed by atoms with Gasteiger partial charge in [0.1, 0.15) is 6.10 Å². The Labute approximate surface area is 321 Å². The molecule has 0 bridgehead atoms. The van der Waals surface area contributed by atoms with Gasteiger partial charge in [-0.3, -0.25) is 9.78 Å². The first-order chi connectivity index (χ1) is 26.0. The first-order valence-electron chi connectivity index (χ1n) is 18.9. The van der Waals surface area contributed by atoms with E-state index >= 15 is 0 Å². The molecule has 2 aliphatic carbocycles. The highest BCUT2D eigenvalue weighted by molar-refractivity contribution is 6.30. The molecule has 2 amide bonds. The Balaban J connectivity index is 0.000000175. The van der Waals surface area contributed by atoms with E-state index in [1.165, 1.54) is 41.6 Å². The molecule has 1 saturated heterocycles. The Morgan fingerprint density at radius 1 is 0.981 bits per heavy atom. The van der Waals surface area contributed by atoms with Gasteiger partial charge in [-0.2, -0.15) is 0 Å². The number of amides is 2. The molecule has 3 heterocycles. The van der Waals surface area contributed by atoms with Crippen molar-refractivity contribution in [2.24, 2.45) is 0 Å². The van der Waals surface area contributed by atoms with E-state index in [-0.39, 0.29) is 12.2 Å². The van der Waals surface area contributed by atoms with Gasteiger partial charge in [-0.25, -0.2) is 9.78 Å². The maximum Gasteiger partial charge on any atom is 0.410 e. The molecule has 4 aromatic rings. The number of imidazole rings is 1. The molecule has 53 heavy (non-hydrogen) atoms. The third-order valence-corrected chi connectivity index (χ3v) is 9.89. The number of fused-ring (bicyclic) bond motifs is 2. The second-order valence-corrected chi connectivity index (χ2v) is 13.9. The number of benzene rings is 2. The minimum absolute atomic E-state index is 0.108. The van der Waals surface area contributed by atoms with Crippen LogP contribution in [0.5, 0.6) is 0 Å². The van der Waals surface area contributed by atoms with Crippen molar-refractivity contribution in [1.82, 2.24) is 29.7 Å². The minimum Gasteiger partial charge on any atom is -0.446 e. The second kappa shape index (κ2) is 23.1. The maximum atomic E-state index is 11.7. The standard InChI is InChI=1S/C16H21N3O.C14H12ClN.C11H20N2O2.C2H2/c1-2-16-12-18(13-17-16)9-6-10-19(14-20)11-15-7-4-3-5-8-15;15-13-6-5-12-9-14-10(2-1-7-16-14)3-4-11(12)8-13;14-11(13-8-6-12-7-9-13)15-10-4-2-1-3-5-10;1-2/h3-5,7-8,12-14H,2,6,9-11H2,1H3;1-2,5-8H,3-4,9H2;10,12H,1-9H2;1-2H. The quantitative estimate of drug-likeness (QED) is 0.141. The third-order valence-electron chi connectivity index (χ3n) is 9.66. The smallest absolute Gasteiger partial charge is 0.410 e. The number of pyridine rings is 1. The van der Waals surface area contributed by atoms with E-state index in [4.69, 9.17) is 16.3 Å². The van der Waals surface area contributed by atoms with Crippen LogP contribution in [0.4, 0.5) is 4.79 Å². The zero-order valence-electron chi connectivity index (χ0n) is 31.2. The van der Waals surface area contributed by atoms with Gasteiger partial charge in [-0.05, 0) is 91.8 Å². The van der Waals surface area contributed by atoms with E-state index in [1.807, 2.05) is 64.8 Å². The summed E-state index contributed by atoms with van der Waals surface area (Å²) in [6.07, 6.45) is 25.6. The van der Waals surface area contributed by atoms with Crippen LogP contribution >= 0.6 is 11.6 Å². The SMILES string of the molecule is C#C.CCc1cn(CCCN(C=O)Cc2ccccc2)cn1.Clc1ccc2c(c1)CCc1cccnc1C2.O=C(OC1CCCCC1)N1CCNCC1. The van der Waals surface area contributed by atoms with E-state index in [9.17, 15) is 9.59 Å². The zero-order chi connectivity index (χ0) is 37.7. The van der Waals surface area contributed by atoms with E-state index in [2.05, 4.69) is 64.0 Å². The number of carbonyl (C=O) groups is 2. The van der Waals surface area contributed by atoms with E-state index in [0.29, 0.717) is 6.54 Å². The number of halogens is 1. The Hall–Kier alpha value is -4.65. The van der Waals surface area contributed by atoms with E-state index in [1.54, 1.807) is 0 Å². The average Bonchev–Trinajstić information content (AvgIpc) is 3.60. The van der Waals surface area contributed by atoms with Gasteiger partial charge < -0.3 is 24.4 Å². The zero-order valence-corrected chi connectivity index (χ0v) is 31.9. The average molecular weight is 739 g/mol. The Morgan fingerprint density at radius 3 is 2.45 bits per heavy atom. The molecular formula is C43H55ClN6O3. The highest BCUT2D eigenvalue weighted by atomic mass is 35.5. The van der Waals surface area contributed by atoms with Crippen LogP contribution in [-0.4, -0.2) is 75.7 Å². The summed E-state index contributed by atoms with van der Waals surface area (Å²) in [5.74, 6) is 0. The van der Waals surface area contributed by atoms with E-state index < -0.39 is 0 Å². The molecule has 282 valence electrons. The van der Waals surface area contributed by atoms with Crippen molar-refractivity contribution in [2.45, 2.75) is 90.3 Å². The van der Waals surface area contributed by atoms with Crippen LogP contribution in [0.3, 0.4) is 0 Å². The van der Waals surface area contributed by atoms with Gasteiger partial charge in [0.25, 0.3) is 0 Å². The molecular weight excluding hydrogens is 684 g/mol. The summed E-state index contributed by atoms with van der Waals surface area (Å²) in [6.45, 7) is 7.77. The molecule has 1 saturated carbocycles. The predicted molar refractivity (Wildman–Crippen MR) is 213 cm³/mol. The van der Waals surface area contributed by atoms with Gasteiger partial charge in [0.05, 0.1) is 12.0 Å². The minimum atomic E-state index is -0.108. The van der Waals surface area contributed by atoms with Crippen LogP contribution in [0.1, 0.15) is 79.1 Å². The van der Waals surface area contributed by atoms with Crippen molar-refractivity contribution >= 4 is 24.1 Å². The molecule has 0 spiro atoms. The summed E-state index contributed by atoms with van der Waals surface area (Å²) < 4.78 is 7.58. The Kier molecular flexibility index (Phi) is 17.9. The summed E-state index contributed by atoms with van der Waals surface area (Å²) in [4.78, 5) is 35.2. The van der Waals surface area contributed by atoms with Gasteiger partial charge in [0.15, 0.2) is 0 Å².